The molecule has 56 heavy (non-hydrogen) atoms. The number of nitrogens with zero attached hydrogens (tertiary/aromatic N) is 4. The lowest BCUT2D eigenvalue weighted by molar-refractivity contribution is 0.669. The van der Waals surface area contributed by atoms with Crippen molar-refractivity contribution in [3.63, 3.8) is 0 Å². The number of hydrogen-bond donors (Lipinski definition) is 0. The first-order valence-corrected chi connectivity index (χ1v) is 18.7. The first-order valence-electron chi connectivity index (χ1n) is 18.7. The van der Waals surface area contributed by atoms with Crippen LogP contribution in [-0.2, 0) is 0 Å². The molecule has 0 atom stereocenters. The van der Waals surface area contributed by atoms with Crippen molar-refractivity contribution in [2.24, 2.45) is 0 Å². The van der Waals surface area contributed by atoms with Crippen molar-refractivity contribution >= 4 is 39.0 Å². The monoisotopic (exact) mass is 718 g/mol. The van der Waals surface area contributed by atoms with Crippen LogP contribution in [0.2, 0.25) is 0 Å². The van der Waals surface area contributed by atoms with Crippen LogP contribution in [0.15, 0.2) is 211 Å². The Kier molecular flexibility index (Phi) is 8.43. The molecule has 5 heteroatoms. The SMILES string of the molecule is c1ccc(-c2ccc(N(c3ccccc3)c3ccccc3-c3ccc4oc5cc(-c6nc(-c7ccccc7)nc(-c7ccccc7)n6)ccc5c4c3)cc2)cc1. The highest BCUT2D eigenvalue weighted by molar-refractivity contribution is 6.07. The summed E-state index contributed by atoms with van der Waals surface area (Å²) >= 11 is 0. The fourth-order valence-corrected chi connectivity index (χ4v) is 7.37. The first-order chi connectivity index (χ1) is 27.7. The Hall–Kier alpha value is -7.63. The Bertz CT molecular complexity index is 2890. The third-order valence-corrected chi connectivity index (χ3v) is 10.1. The van der Waals surface area contributed by atoms with Crippen molar-refractivity contribution in [2.45, 2.75) is 0 Å². The molecule has 10 rings (SSSR count). The van der Waals surface area contributed by atoms with Gasteiger partial charge < -0.3 is 9.32 Å². The minimum atomic E-state index is 0.590. The van der Waals surface area contributed by atoms with Crippen molar-refractivity contribution in [3.8, 4) is 56.4 Å². The summed E-state index contributed by atoms with van der Waals surface area (Å²) in [6.45, 7) is 0. The number of furan rings is 1. The zero-order chi connectivity index (χ0) is 37.3. The lowest BCUT2D eigenvalue weighted by Gasteiger charge is -2.28. The summed E-state index contributed by atoms with van der Waals surface area (Å²) in [6.07, 6.45) is 0. The van der Waals surface area contributed by atoms with Gasteiger partial charge in [0.1, 0.15) is 11.2 Å². The van der Waals surface area contributed by atoms with Crippen LogP contribution in [0.25, 0.3) is 78.4 Å². The predicted octanol–water partition coefficient (Wildman–Crippen LogP) is 13.6. The second-order valence-corrected chi connectivity index (χ2v) is 13.7. The number of fused-ring (bicyclic) bond motifs is 3. The van der Waals surface area contributed by atoms with Crippen LogP contribution in [0.4, 0.5) is 17.1 Å². The van der Waals surface area contributed by atoms with Crippen LogP contribution in [-0.4, -0.2) is 15.0 Å². The Morgan fingerprint density at radius 2 is 0.804 bits per heavy atom. The van der Waals surface area contributed by atoms with Crippen LogP contribution < -0.4 is 4.90 Å². The van der Waals surface area contributed by atoms with E-state index in [2.05, 4.69) is 138 Å². The molecule has 0 N–H and O–H groups in total. The molecule has 2 heterocycles. The van der Waals surface area contributed by atoms with Gasteiger partial charge in [0.15, 0.2) is 17.5 Å². The van der Waals surface area contributed by atoms with Crippen LogP contribution in [0.3, 0.4) is 0 Å². The van der Waals surface area contributed by atoms with Crippen molar-refractivity contribution in [1.82, 2.24) is 15.0 Å². The normalized spacial score (nSPS) is 11.2. The van der Waals surface area contributed by atoms with Gasteiger partial charge in [0.25, 0.3) is 0 Å². The third-order valence-electron chi connectivity index (χ3n) is 10.1. The largest absolute Gasteiger partial charge is 0.456 e. The molecule has 0 aliphatic carbocycles. The van der Waals surface area contributed by atoms with Gasteiger partial charge in [-0.3, -0.25) is 0 Å². The molecular weight excluding hydrogens is 685 g/mol. The minimum Gasteiger partial charge on any atom is -0.456 e. The maximum absolute atomic E-state index is 6.52. The van der Waals surface area contributed by atoms with Gasteiger partial charge in [-0.2, -0.15) is 0 Å². The molecule has 0 saturated heterocycles. The van der Waals surface area contributed by atoms with E-state index < -0.39 is 0 Å². The summed E-state index contributed by atoms with van der Waals surface area (Å²) in [5.74, 6) is 1.84. The van der Waals surface area contributed by atoms with Crippen LogP contribution in [0.5, 0.6) is 0 Å². The fraction of sp³-hybridized carbons (Fsp3) is 0. The van der Waals surface area contributed by atoms with Gasteiger partial charge in [0.05, 0.1) is 5.69 Å². The van der Waals surface area contributed by atoms with Gasteiger partial charge in [0, 0.05) is 44.4 Å². The Morgan fingerprint density at radius 3 is 1.45 bits per heavy atom. The minimum absolute atomic E-state index is 0.590. The predicted molar refractivity (Wildman–Crippen MR) is 229 cm³/mol. The molecule has 0 saturated carbocycles. The molecule has 0 fully saturated rings. The fourth-order valence-electron chi connectivity index (χ4n) is 7.37. The maximum Gasteiger partial charge on any atom is 0.164 e. The second-order valence-electron chi connectivity index (χ2n) is 13.7. The molecule has 0 radical (unpaired) electrons. The zero-order valence-electron chi connectivity index (χ0n) is 30.3. The number of para-hydroxylation sites is 2. The highest BCUT2D eigenvalue weighted by Crippen LogP contribution is 2.43. The lowest BCUT2D eigenvalue weighted by Crippen LogP contribution is -2.11. The van der Waals surface area contributed by atoms with Crippen molar-refractivity contribution < 1.29 is 4.42 Å². The average molecular weight is 719 g/mol. The number of anilines is 3. The molecule has 0 amide bonds. The Balaban J connectivity index is 1.05. The molecule has 0 bridgehead atoms. The number of hydrogen-bond acceptors (Lipinski definition) is 5. The van der Waals surface area contributed by atoms with Gasteiger partial charge in [-0.25, -0.2) is 15.0 Å². The molecule has 8 aromatic carbocycles. The third kappa shape index (κ3) is 6.27. The lowest BCUT2D eigenvalue weighted by atomic mass is 9.99. The van der Waals surface area contributed by atoms with E-state index in [-0.39, 0.29) is 0 Å². The van der Waals surface area contributed by atoms with Crippen molar-refractivity contribution in [2.75, 3.05) is 4.90 Å². The molecule has 0 spiro atoms. The summed E-state index contributed by atoms with van der Waals surface area (Å²) in [5, 5.41) is 2.07. The second kappa shape index (κ2) is 14.3. The molecular formula is C51H34N4O. The van der Waals surface area contributed by atoms with Gasteiger partial charge >= 0.3 is 0 Å². The topological polar surface area (TPSA) is 55.1 Å². The van der Waals surface area contributed by atoms with Gasteiger partial charge in [-0.15, -0.1) is 0 Å². The smallest absolute Gasteiger partial charge is 0.164 e. The summed E-state index contributed by atoms with van der Waals surface area (Å²) in [6, 6.07) is 71.2. The first kappa shape index (κ1) is 33.0. The number of benzene rings is 8. The van der Waals surface area contributed by atoms with Crippen molar-refractivity contribution in [3.05, 3.63) is 206 Å². The molecule has 0 unspecified atom stereocenters. The van der Waals surface area contributed by atoms with Crippen LogP contribution >= 0.6 is 0 Å². The van der Waals surface area contributed by atoms with Gasteiger partial charge in [-0.05, 0) is 71.3 Å². The molecule has 0 aliphatic heterocycles. The molecule has 5 nitrogen and oxygen atoms in total. The molecule has 0 aliphatic rings. The molecule has 264 valence electrons. The number of rotatable bonds is 8. The van der Waals surface area contributed by atoms with E-state index in [1.807, 2.05) is 72.8 Å². The van der Waals surface area contributed by atoms with E-state index >= 15 is 0 Å². The maximum atomic E-state index is 6.52. The van der Waals surface area contributed by atoms with E-state index in [9.17, 15) is 0 Å². The zero-order valence-corrected chi connectivity index (χ0v) is 30.3. The summed E-state index contributed by atoms with van der Waals surface area (Å²) in [4.78, 5) is 17.1. The van der Waals surface area contributed by atoms with Gasteiger partial charge in [-0.1, -0.05) is 152 Å². The van der Waals surface area contributed by atoms with Crippen LogP contribution in [0, 0.1) is 0 Å². The Morgan fingerprint density at radius 1 is 0.321 bits per heavy atom. The average Bonchev–Trinajstić information content (AvgIpc) is 3.65. The highest BCUT2D eigenvalue weighted by Gasteiger charge is 2.19. The van der Waals surface area contributed by atoms with Crippen LogP contribution in [0.1, 0.15) is 0 Å². The van der Waals surface area contributed by atoms with E-state index in [1.54, 1.807) is 0 Å². The highest BCUT2D eigenvalue weighted by atomic mass is 16.3. The van der Waals surface area contributed by atoms with E-state index in [1.165, 1.54) is 11.1 Å². The van der Waals surface area contributed by atoms with Gasteiger partial charge in [0.2, 0.25) is 0 Å². The van der Waals surface area contributed by atoms with E-state index in [4.69, 9.17) is 19.4 Å². The summed E-state index contributed by atoms with van der Waals surface area (Å²) < 4.78 is 6.52. The van der Waals surface area contributed by atoms with Crippen molar-refractivity contribution in [1.29, 1.82) is 0 Å². The molecule has 10 aromatic rings. The van der Waals surface area contributed by atoms with E-state index in [0.29, 0.717) is 17.5 Å². The standard InChI is InChI=1S/C51H34N4O/c1-5-15-35(16-6-1)36-25-29-42(30-26-36)55(41-21-11-4-12-22-41)46-24-14-13-23-43(46)39-28-32-47-45(33-39)44-31-27-40(34-48(44)56-47)51-53-49(37-17-7-2-8-18-37)52-50(54-51)38-19-9-3-10-20-38/h1-34H. The number of aromatic nitrogens is 3. The summed E-state index contributed by atoms with van der Waals surface area (Å²) in [5.41, 5.74) is 12.1. The quantitative estimate of drug-likeness (QED) is 0.157. The molecule has 2 aromatic heterocycles. The summed E-state index contributed by atoms with van der Waals surface area (Å²) in [7, 11) is 0. The Labute approximate surface area is 324 Å². The van der Waals surface area contributed by atoms with E-state index in [0.717, 1.165) is 66.8 Å².